The molecule has 1 unspecified atom stereocenters. The van der Waals surface area contributed by atoms with E-state index in [1.807, 2.05) is 38.3 Å². The van der Waals surface area contributed by atoms with Gasteiger partial charge in [0, 0.05) is 19.1 Å². The molecule has 0 amide bonds. The molecule has 0 bridgehead atoms. The van der Waals surface area contributed by atoms with E-state index in [1.165, 1.54) is 0 Å². The Hall–Kier alpha value is -1.55. The number of fused-ring (bicyclic) bond motifs is 1. The van der Waals surface area contributed by atoms with Crippen LogP contribution in [0.2, 0.25) is 0 Å². The molecule has 1 saturated heterocycles. The van der Waals surface area contributed by atoms with Crippen LogP contribution in [0.3, 0.4) is 0 Å². The number of aromatic nitrogens is 1. The Kier molecular flexibility index (Phi) is 2.96. The second kappa shape index (κ2) is 4.61. The minimum atomic E-state index is 0.713. The molecule has 1 saturated carbocycles. The van der Waals surface area contributed by atoms with Crippen molar-refractivity contribution in [3.05, 3.63) is 30.2 Å². The molecule has 96 valence electrons. The fourth-order valence-electron chi connectivity index (χ4n) is 2.87. The van der Waals surface area contributed by atoms with Crippen molar-refractivity contribution in [1.82, 2.24) is 10.3 Å². The van der Waals surface area contributed by atoms with E-state index < -0.39 is 0 Å². The van der Waals surface area contributed by atoms with E-state index in [0.29, 0.717) is 6.04 Å². The van der Waals surface area contributed by atoms with Crippen molar-refractivity contribution in [2.24, 2.45) is 11.8 Å². The van der Waals surface area contributed by atoms with E-state index in [1.54, 1.807) is 6.20 Å². The monoisotopic (exact) mass is 245 g/mol. The first-order valence-corrected chi connectivity index (χ1v) is 6.51. The molecule has 0 spiro atoms. The third-order valence-electron chi connectivity index (χ3n) is 3.87. The summed E-state index contributed by atoms with van der Waals surface area (Å²) in [6.45, 7) is 4.12. The van der Waals surface area contributed by atoms with Gasteiger partial charge < -0.3 is 14.6 Å². The van der Waals surface area contributed by atoms with Crippen LogP contribution in [-0.4, -0.2) is 31.2 Å². The number of nitrogens with zero attached hydrogens (tertiary/aromatic N) is 2. The maximum Gasteiger partial charge on any atom is 0.297 e. The maximum atomic E-state index is 5.73. The van der Waals surface area contributed by atoms with Crippen LogP contribution in [0.15, 0.2) is 28.8 Å². The minimum Gasteiger partial charge on any atom is -0.424 e. The Morgan fingerprint density at radius 2 is 2.17 bits per heavy atom. The lowest BCUT2D eigenvalue weighted by Crippen LogP contribution is -2.29. The Bertz CT molecular complexity index is 465. The zero-order valence-corrected chi connectivity index (χ0v) is 10.8. The normalized spacial score (nSPS) is 30.6. The van der Waals surface area contributed by atoms with Gasteiger partial charge in [-0.1, -0.05) is 18.2 Å². The van der Waals surface area contributed by atoms with Gasteiger partial charge in [-0.05, 0) is 31.9 Å². The number of anilines is 1. The first-order chi connectivity index (χ1) is 8.83. The third-order valence-corrected chi connectivity index (χ3v) is 3.87. The summed E-state index contributed by atoms with van der Waals surface area (Å²) in [7, 11) is 2.04. The highest BCUT2D eigenvalue weighted by Crippen LogP contribution is 2.46. The van der Waals surface area contributed by atoms with Crippen molar-refractivity contribution in [2.45, 2.75) is 13.0 Å². The summed E-state index contributed by atoms with van der Waals surface area (Å²) in [5.41, 5.74) is 0. The molecule has 3 atom stereocenters. The van der Waals surface area contributed by atoms with Gasteiger partial charge in [0.1, 0.15) is 5.76 Å². The predicted molar refractivity (Wildman–Crippen MR) is 72.4 cm³/mol. The van der Waals surface area contributed by atoms with Crippen molar-refractivity contribution in [1.29, 1.82) is 0 Å². The average Bonchev–Trinajstić information content (AvgIpc) is 2.78. The molecule has 2 aliphatic rings. The largest absolute Gasteiger partial charge is 0.424 e. The van der Waals surface area contributed by atoms with E-state index in [2.05, 4.69) is 15.2 Å². The minimum absolute atomic E-state index is 0.713. The second-order valence-corrected chi connectivity index (χ2v) is 4.98. The molecule has 1 aromatic heterocycles. The second-order valence-electron chi connectivity index (χ2n) is 4.98. The van der Waals surface area contributed by atoms with Gasteiger partial charge >= 0.3 is 0 Å². The van der Waals surface area contributed by atoms with Crippen LogP contribution in [0.25, 0.3) is 6.08 Å². The van der Waals surface area contributed by atoms with Gasteiger partial charge in [0.05, 0.1) is 6.20 Å². The fourth-order valence-corrected chi connectivity index (χ4v) is 2.87. The molecule has 3 rings (SSSR count). The predicted octanol–water partition coefficient (Wildman–Crippen LogP) is 1.92. The van der Waals surface area contributed by atoms with Crippen LogP contribution in [0.4, 0.5) is 6.01 Å². The van der Waals surface area contributed by atoms with E-state index in [9.17, 15) is 0 Å². The van der Waals surface area contributed by atoms with Gasteiger partial charge in [-0.2, -0.15) is 0 Å². The van der Waals surface area contributed by atoms with Gasteiger partial charge in [0.25, 0.3) is 6.01 Å². The SMILES string of the molecule is C/C=C\C=C/c1cnc(N2C[C@@H]3C(NC)[C@@H]3C2)o1. The molecule has 1 N–H and O–H groups in total. The highest BCUT2D eigenvalue weighted by atomic mass is 16.4. The number of hydrogen-bond donors (Lipinski definition) is 1. The van der Waals surface area contributed by atoms with Crippen molar-refractivity contribution in [3.8, 4) is 0 Å². The van der Waals surface area contributed by atoms with E-state index in [0.717, 1.165) is 36.7 Å². The van der Waals surface area contributed by atoms with Gasteiger partial charge in [-0.3, -0.25) is 0 Å². The number of oxazole rings is 1. The van der Waals surface area contributed by atoms with Crippen molar-refractivity contribution in [3.63, 3.8) is 0 Å². The number of rotatable bonds is 4. The number of piperidine rings is 1. The fraction of sp³-hybridized carbons (Fsp3) is 0.500. The first kappa shape index (κ1) is 11.5. The molecule has 4 heteroatoms. The zero-order chi connectivity index (χ0) is 12.5. The van der Waals surface area contributed by atoms with Crippen LogP contribution >= 0.6 is 0 Å². The summed E-state index contributed by atoms with van der Waals surface area (Å²) in [5.74, 6) is 2.38. The summed E-state index contributed by atoms with van der Waals surface area (Å²) < 4.78 is 5.73. The summed E-state index contributed by atoms with van der Waals surface area (Å²) in [6, 6.07) is 1.47. The van der Waals surface area contributed by atoms with E-state index in [4.69, 9.17) is 4.42 Å². The number of allylic oxidation sites excluding steroid dienone is 3. The van der Waals surface area contributed by atoms with Crippen LogP contribution in [-0.2, 0) is 0 Å². The van der Waals surface area contributed by atoms with E-state index in [-0.39, 0.29) is 0 Å². The van der Waals surface area contributed by atoms with Crippen LogP contribution < -0.4 is 10.2 Å². The summed E-state index contributed by atoms with van der Waals surface area (Å²) in [4.78, 5) is 6.59. The quantitative estimate of drug-likeness (QED) is 0.823. The lowest BCUT2D eigenvalue weighted by atomic mass is 10.4. The molecular formula is C14H19N3O. The molecule has 4 nitrogen and oxygen atoms in total. The number of hydrogen-bond acceptors (Lipinski definition) is 4. The lowest BCUT2D eigenvalue weighted by Gasteiger charge is -2.16. The Labute approximate surface area is 107 Å². The lowest BCUT2D eigenvalue weighted by molar-refractivity contribution is 0.521. The molecule has 1 aliphatic carbocycles. The van der Waals surface area contributed by atoms with Crippen LogP contribution in [0, 0.1) is 11.8 Å². The van der Waals surface area contributed by atoms with Gasteiger partial charge in [0.15, 0.2) is 0 Å². The van der Waals surface area contributed by atoms with Gasteiger partial charge in [0.2, 0.25) is 0 Å². The summed E-state index contributed by atoms with van der Waals surface area (Å²) in [5, 5.41) is 3.36. The number of nitrogens with one attached hydrogen (secondary N) is 1. The standard InChI is InChI=1S/C14H19N3O/c1-3-4-5-6-10-7-16-14(18-10)17-8-11-12(9-17)13(11)15-2/h3-7,11-13,15H,8-9H2,1-2H3/b4-3-,6-5-/t11-,12+,13?. The highest BCUT2D eigenvalue weighted by Gasteiger charge is 2.55. The van der Waals surface area contributed by atoms with Crippen LogP contribution in [0.5, 0.6) is 0 Å². The average molecular weight is 245 g/mol. The zero-order valence-electron chi connectivity index (χ0n) is 10.8. The Morgan fingerprint density at radius 3 is 2.83 bits per heavy atom. The summed E-state index contributed by atoms with van der Waals surface area (Å²) >= 11 is 0. The molecule has 1 aromatic rings. The molecular weight excluding hydrogens is 226 g/mol. The molecule has 1 aliphatic heterocycles. The Morgan fingerprint density at radius 1 is 1.39 bits per heavy atom. The Balaban J connectivity index is 1.62. The molecule has 2 heterocycles. The molecule has 0 radical (unpaired) electrons. The highest BCUT2D eigenvalue weighted by molar-refractivity contribution is 5.46. The first-order valence-electron chi connectivity index (χ1n) is 6.51. The molecule has 18 heavy (non-hydrogen) atoms. The summed E-state index contributed by atoms with van der Waals surface area (Å²) in [6.07, 6.45) is 9.64. The molecule has 0 aromatic carbocycles. The van der Waals surface area contributed by atoms with Gasteiger partial charge in [-0.25, -0.2) is 4.98 Å². The van der Waals surface area contributed by atoms with E-state index >= 15 is 0 Å². The maximum absolute atomic E-state index is 5.73. The van der Waals surface area contributed by atoms with Crippen molar-refractivity contribution >= 4 is 12.1 Å². The third kappa shape index (κ3) is 1.97. The topological polar surface area (TPSA) is 41.3 Å². The van der Waals surface area contributed by atoms with Gasteiger partial charge in [-0.15, -0.1) is 0 Å². The smallest absolute Gasteiger partial charge is 0.297 e. The van der Waals surface area contributed by atoms with Crippen molar-refractivity contribution < 1.29 is 4.42 Å². The van der Waals surface area contributed by atoms with Crippen LogP contribution in [0.1, 0.15) is 12.7 Å². The molecule has 2 fully saturated rings. The van der Waals surface area contributed by atoms with Crippen molar-refractivity contribution in [2.75, 3.05) is 25.0 Å².